The van der Waals surface area contributed by atoms with Crippen LogP contribution in [0.25, 0.3) is 0 Å². The van der Waals surface area contributed by atoms with Crippen molar-refractivity contribution in [2.45, 2.75) is 32.1 Å². The number of amides is 1. The fourth-order valence-electron chi connectivity index (χ4n) is 3.51. The van der Waals surface area contributed by atoms with Crippen LogP contribution in [-0.4, -0.2) is 71.2 Å². The average molecular weight is 298 g/mol. The minimum atomic E-state index is -0.829. The highest BCUT2D eigenvalue weighted by Gasteiger charge is 2.38. The second-order valence-electron chi connectivity index (χ2n) is 6.08. The number of hydrogen-bond acceptors (Lipinski definition) is 4. The number of carboxylic acids is 1. The minimum absolute atomic E-state index is 0.0212. The van der Waals surface area contributed by atoms with Crippen LogP contribution in [-0.2, 0) is 9.59 Å². The molecule has 6 nitrogen and oxygen atoms in total. The quantitative estimate of drug-likeness (QED) is 0.785. The van der Waals surface area contributed by atoms with Gasteiger partial charge in [-0.2, -0.15) is 0 Å². The van der Waals surface area contributed by atoms with E-state index in [0.717, 1.165) is 32.4 Å². The monoisotopic (exact) mass is 298 g/mol. The molecule has 0 aromatic rings. The zero-order valence-corrected chi connectivity index (χ0v) is 12.5. The zero-order chi connectivity index (χ0) is 15.2. The van der Waals surface area contributed by atoms with Crippen LogP contribution in [0.1, 0.15) is 32.1 Å². The van der Waals surface area contributed by atoms with E-state index in [2.05, 4.69) is 4.90 Å². The van der Waals surface area contributed by atoms with Gasteiger partial charge in [0.25, 0.3) is 0 Å². The first-order valence-electron chi connectivity index (χ1n) is 7.98. The van der Waals surface area contributed by atoms with Crippen molar-refractivity contribution in [3.63, 3.8) is 0 Å². The van der Waals surface area contributed by atoms with Crippen LogP contribution < -0.4 is 0 Å². The lowest BCUT2D eigenvalue weighted by atomic mass is 9.78. The third-order valence-corrected chi connectivity index (χ3v) is 4.72. The van der Waals surface area contributed by atoms with Gasteiger partial charge in [0.1, 0.15) is 0 Å². The Kier molecular flexibility index (Phi) is 5.99. The fraction of sp³-hybridized carbons (Fsp3) is 0.867. The molecular weight excluding hydrogens is 272 g/mol. The van der Waals surface area contributed by atoms with Crippen LogP contribution in [0.5, 0.6) is 0 Å². The molecule has 2 aliphatic rings. The lowest BCUT2D eigenvalue weighted by Gasteiger charge is -2.32. The SMILES string of the molecule is O=C(O)C1CCCCC1C(=O)N1CCCN(CCO)CC1. The minimum Gasteiger partial charge on any atom is -0.481 e. The average Bonchev–Trinajstić information content (AvgIpc) is 2.72. The summed E-state index contributed by atoms with van der Waals surface area (Å²) in [6.45, 7) is 3.76. The van der Waals surface area contributed by atoms with E-state index in [4.69, 9.17) is 5.11 Å². The molecule has 6 heteroatoms. The van der Waals surface area contributed by atoms with Gasteiger partial charge in [0.15, 0.2) is 0 Å². The van der Waals surface area contributed by atoms with Gasteiger partial charge in [-0.15, -0.1) is 0 Å². The summed E-state index contributed by atoms with van der Waals surface area (Å²) in [5.74, 6) is -1.67. The highest BCUT2D eigenvalue weighted by molar-refractivity contribution is 5.85. The first-order chi connectivity index (χ1) is 10.1. The van der Waals surface area contributed by atoms with Crippen LogP contribution in [0.4, 0.5) is 0 Å². The van der Waals surface area contributed by atoms with Gasteiger partial charge < -0.3 is 15.1 Å². The molecule has 120 valence electrons. The summed E-state index contributed by atoms with van der Waals surface area (Å²) in [4.78, 5) is 28.0. The Morgan fingerprint density at radius 2 is 1.67 bits per heavy atom. The Morgan fingerprint density at radius 3 is 2.33 bits per heavy atom. The molecule has 1 amide bonds. The third kappa shape index (κ3) is 4.17. The molecule has 2 unspecified atom stereocenters. The Labute approximate surface area is 125 Å². The summed E-state index contributed by atoms with van der Waals surface area (Å²) < 4.78 is 0. The number of nitrogens with zero attached hydrogens (tertiary/aromatic N) is 2. The summed E-state index contributed by atoms with van der Waals surface area (Å²) in [5, 5.41) is 18.3. The highest BCUT2D eigenvalue weighted by Crippen LogP contribution is 2.32. The van der Waals surface area contributed by atoms with Crippen molar-refractivity contribution in [3.05, 3.63) is 0 Å². The molecule has 2 N–H and O–H groups in total. The second kappa shape index (κ2) is 7.75. The first-order valence-corrected chi connectivity index (χ1v) is 7.98. The predicted octanol–water partition coefficient (Wildman–Crippen LogP) is 0.404. The van der Waals surface area contributed by atoms with Gasteiger partial charge in [0.05, 0.1) is 18.4 Å². The van der Waals surface area contributed by atoms with Crippen molar-refractivity contribution >= 4 is 11.9 Å². The summed E-state index contributed by atoms with van der Waals surface area (Å²) >= 11 is 0. The molecule has 21 heavy (non-hydrogen) atoms. The van der Waals surface area contributed by atoms with E-state index in [1.54, 1.807) is 0 Å². The summed E-state index contributed by atoms with van der Waals surface area (Å²) in [5.41, 5.74) is 0. The summed E-state index contributed by atoms with van der Waals surface area (Å²) in [7, 11) is 0. The fourth-order valence-corrected chi connectivity index (χ4v) is 3.51. The van der Waals surface area contributed by atoms with Gasteiger partial charge in [-0.05, 0) is 25.8 Å². The van der Waals surface area contributed by atoms with Gasteiger partial charge >= 0.3 is 5.97 Å². The van der Waals surface area contributed by atoms with Crippen LogP contribution >= 0.6 is 0 Å². The van der Waals surface area contributed by atoms with Crippen molar-refractivity contribution < 1.29 is 19.8 Å². The van der Waals surface area contributed by atoms with E-state index in [1.807, 2.05) is 4.90 Å². The molecule has 2 fully saturated rings. The first kappa shape index (κ1) is 16.2. The lowest BCUT2D eigenvalue weighted by molar-refractivity contribution is -0.152. The van der Waals surface area contributed by atoms with E-state index in [0.29, 0.717) is 32.5 Å². The molecule has 1 saturated carbocycles. The van der Waals surface area contributed by atoms with Crippen molar-refractivity contribution in [2.75, 3.05) is 39.3 Å². The number of carbonyl (C=O) groups excluding carboxylic acids is 1. The van der Waals surface area contributed by atoms with Gasteiger partial charge in [0, 0.05) is 26.2 Å². The molecule has 1 aliphatic heterocycles. The normalized spacial score (nSPS) is 28.1. The lowest BCUT2D eigenvalue weighted by Crippen LogP contribution is -2.44. The molecule has 1 heterocycles. The van der Waals surface area contributed by atoms with E-state index >= 15 is 0 Å². The molecule has 0 bridgehead atoms. The Balaban J connectivity index is 1.96. The van der Waals surface area contributed by atoms with E-state index in [1.165, 1.54) is 0 Å². The molecule has 0 aromatic carbocycles. The molecular formula is C15H26N2O4. The number of aliphatic carboxylic acids is 1. The molecule has 0 spiro atoms. The van der Waals surface area contributed by atoms with Gasteiger partial charge in [-0.1, -0.05) is 12.8 Å². The van der Waals surface area contributed by atoms with E-state index < -0.39 is 11.9 Å². The maximum Gasteiger partial charge on any atom is 0.307 e. The molecule has 1 aliphatic carbocycles. The molecule has 2 atom stereocenters. The number of rotatable bonds is 4. The Bertz CT molecular complexity index is 375. The van der Waals surface area contributed by atoms with Crippen LogP contribution in [0.2, 0.25) is 0 Å². The standard InChI is InChI=1S/C15H26N2O4/c18-11-10-16-6-3-7-17(9-8-16)14(19)12-4-1-2-5-13(12)15(20)21/h12-13,18H,1-11H2,(H,20,21). The second-order valence-corrected chi connectivity index (χ2v) is 6.08. The predicted molar refractivity (Wildman–Crippen MR) is 77.8 cm³/mol. The number of aliphatic hydroxyl groups is 1. The van der Waals surface area contributed by atoms with Crippen molar-refractivity contribution in [1.29, 1.82) is 0 Å². The number of β-amino-alcohol motifs (C(OH)–C–C–N with tert-alkyl or cyclic N) is 1. The van der Waals surface area contributed by atoms with Crippen LogP contribution in [0.15, 0.2) is 0 Å². The maximum atomic E-state index is 12.7. The largest absolute Gasteiger partial charge is 0.481 e. The molecule has 2 rings (SSSR count). The maximum absolute atomic E-state index is 12.7. The van der Waals surface area contributed by atoms with Crippen molar-refractivity contribution in [1.82, 2.24) is 9.80 Å². The topological polar surface area (TPSA) is 81.1 Å². The number of carboxylic acid groups (broad SMARTS) is 1. The molecule has 0 radical (unpaired) electrons. The van der Waals surface area contributed by atoms with E-state index in [-0.39, 0.29) is 18.4 Å². The highest BCUT2D eigenvalue weighted by atomic mass is 16.4. The van der Waals surface area contributed by atoms with Gasteiger partial charge in [0.2, 0.25) is 5.91 Å². The number of carbonyl (C=O) groups is 2. The Morgan fingerprint density at radius 1 is 0.952 bits per heavy atom. The molecule has 0 aromatic heterocycles. The summed E-state index contributed by atoms with van der Waals surface area (Å²) in [6.07, 6.45) is 4.06. The van der Waals surface area contributed by atoms with Gasteiger partial charge in [-0.25, -0.2) is 0 Å². The van der Waals surface area contributed by atoms with Crippen molar-refractivity contribution in [2.24, 2.45) is 11.8 Å². The molecule has 1 saturated heterocycles. The third-order valence-electron chi connectivity index (χ3n) is 4.72. The zero-order valence-electron chi connectivity index (χ0n) is 12.5. The van der Waals surface area contributed by atoms with Crippen molar-refractivity contribution in [3.8, 4) is 0 Å². The Hall–Kier alpha value is -1.14. The van der Waals surface area contributed by atoms with Crippen LogP contribution in [0.3, 0.4) is 0 Å². The summed E-state index contributed by atoms with van der Waals surface area (Å²) in [6, 6.07) is 0. The van der Waals surface area contributed by atoms with Gasteiger partial charge in [-0.3, -0.25) is 14.5 Å². The number of hydrogen-bond donors (Lipinski definition) is 2. The van der Waals surface area contributed by atoms with Crippen LogP contribution in [0, 0.1) is 11.8 Å². The van der Waals surface area contributed by atoms with E-state index in [9.17, 15) is 14.7 Å². The smallest absolute Gasteiger partial charge is 0.307 e. The number of aliphatic hydroxyl groups excluding tert-OH is 1.